The van der Waals surface area contributed by atoms with Crippen molar-refractivity contribution in [3.8, 4) is 11.5 Å². The van der Waals surface area contributed by atoms with Crippen molar-refractivity contribution in [2.45, 2.75) is 18.7 Å². The maximum Gasteiger partial charge on any atom is 0.321 e. The minimum absolute atomic E-state index is 0.309. The Morgan fingerprint density at radius 3 is 2.80 bits per heavy atom. The molecular formula is C13H15N3O3S. The van der Waals surface area contributed by atoms with Gasteiger partial charge in [-0.1, -0.05) is 22.9 Å². The molecule has 0 saturated carbocycles. The van der Waals surface area contributed by atoms with Crippen LogP contribution in [-0.2, 0) is 10.5 Å². The van der Waals surface area contributed by atoms with Crippen molar-refractivity contribution in [2.24, 2.45) is 5.73 Å². The van der Waals surface area contributed by atoms with Gasteiger partial charge in [0.2, 0.25) is 0 Å². The minimum Gasteiger partial charge on any atom is -0.480 e. The highest BCUT2D eigenvalue weighted by Gasteiger charge is 2.13. The number of aromatic nitrogens is 2. The van der Waals surface area contributed by atoms with Gasteiger partial charge in [0, 0.05) is 11.3 Å². The van der Waals surface area contributed by atoms with Gasteiger partial charge in [0.25, 0.3) is 5.89 Å². The number of carboxylic acid groups (broad SMARTS) is 1. The molecule has 0 aliphatic heterocycles. The average molecular weight is 293 g/mol. The Morgan fingerprint density at radius 1 is 1.45 bits per heavy atom. The molecule has 3 N–H and O–H groups in total. The Labute approximate surface area is 120 Å². The van der Waals surface area contributed by atoms with Gasteiger partial charge in [0.15, 0.2) is 5.82 Å². The molecule has 0 fully saturated rings. The molecule has 0 amide bonds. The van der Waals surface area contributed by atoms with Crippen LogP contribution in [0.5, 0.6) is 0 Å². The number of rotatable bonds is 6. The quantitative estimate of drug-likeness (QED) is 0.835. The number of hydrogen-bond donors (Lipinski definition) is 2. The Kier molecular flexibility index (Phi) is 4.75. The summed E-state index contributed by atoms with van der Waals surface area (Å²) in [4.78, 5) is 14.8. The van der Waals surface area contributed by atoms with Crippen molar-refractivity contribution in [3.63, 3.8) is 0 Å². The second kappa shape index (κ2) is 6.53. The highest BCUT2D eigenvalue weighted by Crippen LogP contribution is 2.19. The lowest BCUT2D eigenvalue weighted by Crippen LogP contribution is -2.32. The summed E-state index contributed by atoms with van der Waals surface area (Å²) in [6, 6.07) is 6.91. The first-order valence-electron chi connectivity index (χ1n) is 6.02. The molecule has 6 nitrogen and oxygen atoms in total. The molecule has 0 bridgehead atoms. The topological polar surface area (TPSA) is 102 Å². The fourth-order valence-electron chi connectivity index (χ4n) is 1.47. The fourth-order valence-corrected chi connectivity index (χ4v) is 2.29. The van der Waals surface area contributed by atoms with Crippen molar-refractivity contribution < 1.29 is 14.4 Å². The summed E-state index contributed by atoms with van der Waals surface area (Å²) in [5.74, 6) is 0.761. The lowest BCUT2D eigenvalue weighted by atomic mass is 10.1. The molecule has 1 aromatic heterocycles. The van der Waals surface area contributed by atoms with Crippen molar-refractivity contribution in [1.29, 1.82) is 0 Å². The molecular weight excluding hydrogens is 278 g/mol. The molecule has 0 aliphatic carbocycles. The van der Waals surface area contributed by atoms with Crippen molar-refractivity contribution in [3.05, 3.63) is 35.7 Å². The Hall–Kier alpha value is -1.86. The predicted octanol–water partition coefficient (Wildman–Crippen LogP) is 1.69. The van der Waals surface area contributed by atoms with E-state index in [1.165, 1.54) is 11.8 Å². The number of nitrogens with two attached hydrogens (primary N) is 1. The van der Waals surface area contributed by atoms with Crippen LogP contribution in [0.1, 0.15) is 11.4 Å². The molecule has 0 radical (unpaired) electrons. The van der Waals surface area contributed by atoms with Crippen LogP contribution in [0.25, 0.3) is 11.5 Å². The number of nitrogens with zero attached hydrogens (tertiary/aromatic N) is 2. The van der Waals surface area contributed by atoms with Crippen LogP contribution in [-0.4, -0.2) is 33.0 Å². The maximum atomic E-state index is 10.6. The predicted molar refractivity (Wildman–Crippen MR) is 76.2 cm³/mol. The largest absolute Gasteiger partial charge is 0.480 e. The molecule has 2 aromatic rings. The zero-order chi connectivity index (χ0) is 14.5. The lowest BCUT2D eigenvalue weighted by molar-refractivity contribution is -0.137. The number of aliphatic carboxylic acids is 1. The Morgan fingerprint density at radius 2 is 2.15 bits per heavy atom. The number of benzene rings is 1. The van der Waals surface area contributed by atoms with E-state index in [0.717, 1.165) is 11.1 Å². The maximum absolute atomic E-state index is 10.6. The lowest BCUT2D eigenvalue weighted by Gasteiger charge is -2.03. The molecule has 1 heterocycles. The van der Waals surface area contributed by atoms with E-state index in [1.54, 1.807) is 0 Å². The van der Waals surface area contributed by atoms with Crippen LogP contribution in [0.15, 0.2) is 28.8 Å². The summed E-state index contributed by atoms with van der Waals surface area (Å²) in [6.45, 7) is 2.01. The van der Waals surface area contributed by atoms with E-state index in [-0.39, 0.29) is 0 Å². The normalized spacial score (nSPS) is 12.3. The van der Waals surface area contributed by atoms with Crippen molar-refractivity contribution in [2.75, 3.05) is 5.75 Å². The van der Waals surface area contributed by atoms with E-state index < -0.39 is 12.0 Å². The third kappa shape index (κ3) is 3.82. The van der Waals surface area contributed by atoms with Crippen LogP contribution in [0.3, 0.4) is 0 Å². The van der Waals surface area contributed by atoms with E-state index in [4.69, 9.17) is 15.4 Å². The third-order valence-corrected chi connectivity index (χ3v) is 3.67. The van der Waals surface area contributed by atoms with Crippen LogP contribution >= 0.6 is 11.8 Å². The standard InChI is InChI=1S/C13H15N3O3S/c1-8-2-4-9(5-3-8)12-15-11(16-19-12)7-20-6-10(14)13(17)18/h2-5,10H,6-7,14H2,1H3,(H,17,18)/t10-/m1/s1. The van der Waals surface area contributed by atoms with E-state index in [9.17, 15) is 4.79 Å². The summed E-state index contributed by atoms with van der Waals surface area (Å²) < 4.78 is 5.17. The van der Waals surface area contributed by atoms with Gasteiger partial charge < -0.3 is 15.4 Å². The van der Waals surface area contributed by atoms with E-state index in [2.05, 4.69) is 10.1 Å². The molecule has 0 unspecified atom stereocenters. The minimum atomic E-state index is -1.01. The number of hydrogen-bond acceptors (Lipinski definition) is 6. The molecule has 1 aromatic carbocycles. The molecule has 2 rings (SSSR count). The van der Waals surface area contributed by atoms with Gasteiger partial charge in [-0.25, -0.2) is 0 Å². The van der Waals surface area contributed by atoms with Crippen LogP contribution in [0.2, 0.25) is 0 Å². The molecule has 0 spiro atoms. The number of carbonyl (C=O) groups is 1. The zero-order valence-electron chi connectivity index (χ0n) is 10.9. The molecule has 1 atom stereocenters. The number of carboxylic acids is 1. The van der Waals surface area contributed by atoms with Crippen LogP contribution in [0.4, 0.5) is 0 Å². The van der Waals surface area contributed by atoms with Crippen LogP contribution < -0.4 is 5.73 Å². The highest BCUT2D eigenvalue weighted by molar-refractivity contribution is 7.98. The number of thioether (sulfide) groups is 1. The van der Waals surface area contributed by atoms with Gasteiger partial charge in [-0.2, -0.15) is 16.7 Å². The molecule has 20 heavy (non-hydrogen) atoms. The van der Waals surface area contributed by atoms with Gasteiger partial charge in [-0.3, -0.25) is 4.79 Å². The van der Waals surface area contributed by atoms with E-state index >= 15 is 0 Å². The fraction of sp³-hybridized carbons (Fsp3) is 0.308. The zero-order valence-corrected chi connectivity index (χ0v) is 11.8. The average Bonchev–Trinajstić information content (AvgIpc) is 2.88. The van der Waals surface area contributed by atoms with Gasteiger partial charge in [-0.15, -0.1) is 0 Å². The highest BCUT2D eigenvalue weighted by atomic mass is 32.2. The summed E-state index contributed by atoms with van der Waals surface area (Å²) in [5, 5.41) is 12.5. The number of aryl methyl sites for hydroxylation is 1. The molecule has 0 saturated heterocycles. The van der Waals surface area contributed by atoms with Gasteiger partial charge >= 0.3 is 5.97 Å². The Balaban J connectivity index is 1.92. The SMILES string of the molecule is Cc1ccc(-c2nc(CSC[C@@H](N)C(=O)O)no2)cc1. The molecule has 7 heteroatoms. The van der Waals surface area contributed by atoms with Crippen LogP contribution in [0, 0.1) is 6.92 Å². The second-order valence-electron chi connectivity index (χ2n) is 4.34. The van der Waals surface area contributed by atoms with Gasteiger partial charge in [-0.05, 0) is 19.1 Å². The monoisotopic (exact) mass is 293 g/mol. The Bertz CT molecular complexity index is 583. The van der Waals surface area contributed by atoms with Crippen molar-refractivity contribution in [1.82, 2.24) is 10.1 Å². The second-order valence-corrected chi connectivity index (χ2v) is 5.37. The first-order valence-corrected chi connectivity index (χ1v) is 7.17. The third-order valence-electron chi connectivity index (χ3n) is 2.61. The van der Waals surface area contributed by atoms with E-state index in [0.29, 0.717) is 23.2 Å². The molecule has 106 valence electrons. The smallest absolute Gasteiger partial charge is 0.321 e. The summed E-state index contributed by atoms with van der Waals surface area (Å²) >= 11 is 1.36. The first kappa shape index (κ1) is 14.5. The first-order chi connectivity index (χ1) is 9.56. The van der Waals surface area contributed by atoms with Gasteiger partial charge in [0.05, 0.1) is 5.75 Å². The summed E-state index contributed by atoms with van der Waals surface area (Å²) in [5.41, 5.74) is 7.43. The van der Waals surface area contributed by atoms with E-state index in [1.807, 2.05) is 31.2 Å². The van der Waals surface area contributed by atoms with Gasteiger partial charge in [0.1, 0.15) is 6.04 Å². The summed E-state index contributed by atoms with van der Waals surface area (Å²) in [7, 11) is 0. The molecule has 0 aliphatic rings. The van der Waals surface area contributed by atoms with Crippen molar-refractivity contribution >= 4 is 17.7 Å². The summed E-state index contributed by atoms with van der Waals surface area (Å²) in [6.07, 6.45) is 0.